The minimum Gasteiger partial charge on any atom is -0.383 e. The Balaban J connectivity index is 2.26. The van der Waals surface area contributed by atoms with Gasteiger partial charge in [0.15, 0.2) is 0 Å². The normalized spacial score (nSPS) is 10.1. The summed E-state index contributed by atoms with van der Waals surface area (Å²) in [5, 5.41) is 19.7. The number of nitrogens with zero attached hydrogens (tertiary/aromatic N) is 2. The van der Waals surface area contributed by atoms with Crippen LogP contribution in [0.25, 0.3) is 0 Å². The van der Waals surface area contributed by atoms with Crippen molar-refractivity contribution in [1.29, 1.82) is 0 Å². The molecule has 0 spiro atoms. The quantitative estimate of drug-likeness (QED) is 0.654. The Kier molecular flexibility index (Phi) is 3.65. The van der Waals surface area contributed by atoms with Gasteiger partial charge >= 0.3 is 0 Å². The minimum atomic E-state index is -0.554. The Morgan fingerprint density at radius 1 is 1.40 bits per heavy atom. The molecular weight excluding hydrogens is 264 g/mol. The lowest BCUT2D eigenvalue weighted by molar-refractivity contribution is -0.384. The number of nitro benzene ring substituents is 1. The van der Waals surface area contributed by atoms with Crippen molar-refractivity contribution in [2.45, 2.75) is 6.92 Å². The summed E-state index contributed by atoms with van der Waals surface area (Å²) in [6.07, 6.45) is 0. The largest absolute Gasteiger partial charge is 0.383 e. The topological polar surface area (TPSA) is 110 Å². The third kappa shape index (κ3) is 2.74. The highest BCUT2D eigenvalue weighted by atomic mass is 16.6. The van der Waals surface area contributed by atoms with E-state index in [9.17, 15) is 14.9 Å². The second-order valence-electron chi connectivity index (χ2n) is 4.03. The maximum absolute atomic E-state index is 12.0. The van der Waals surface area contributed by atoms with Gasteiger partial charge in [-0.2, -0.15) is 0 Å². The number of carbonyl (C=O) groups excluding carboxylic acids is 1. The first-order valence-electron chi connectivity index (χ1n) is 5.72. The minimum absolute atomic E-state index is 0.157. The van der Waals surface area contributed by atoms with Crippen molar-refractivity contribution < 1.29 is 14.2 Å². The monoisotopic (exact) mass is 276 g/mol. The molecule has 1 heterocycles. The number of amides is 1. The highest BCUT2D eigenvalue weighted by molar-refractivity contribution is 6.04. The van der Waals surface area contributed by atoms with Crippen molar-refractivity contribution in [3.05, 3.63) is 45.6 Å². The summed E-state index contributed by atoms with van der Waals surface area (Å²) in [6.45, 7) is 1.71. The number of aromatic nitrogens is 1. The summed E-state index contributed by atoms with van der Waals surface area (Å²) < 4.78 is 4.85. The predicted octanol–water partition coefficient (Wildman–Crippen LogP) is 2.19. The molecule has 0 aliphatic carbocycles. The zero-order valence-corrected chi connectivity index (χ0v) is 10.8. The Morgan fingerprint density at radius 2 is 2.15 bits per heavy atom. The van der Waals surface area contributed by atoms with Crippen LogP contribution in [-0.4, -0.2) is 23.0 Å². The molecule has 0 fully saturated rings. The number of benzene rings is 1. The molecule has 1 amide bonds. The van der Waals surface area contributed by atoms with Crippen LogP contribution >= 0.6 is 0 Å². The van der Waals surface area contributed by atoms with E-state index in [0.29, 0.717) is 11.4 Å². The van der Waals surface area contributed by atoms with Crippen LogP contribution in [0, 0.1) is 17.0 Å². The molecule has 2 aromatic rings. The molecule has 8 nitrogen and oxygen atoms in total. The average molecular weight is 276 g/mol. The van der Waals surface area contributed by atoms with E-state index in [2.05, 4.69) is 15.8 Å². The SMILES string of the molecule is CNc1ccc(C(=O)Nc2cc(C)no2)cc1[N+](=O)[O-]. The lowest BCUT2D eigenvalue weighted by Gasteiger charge is -2.05. The van der Waals surface area contributed by atoms with Crippen LogP contribution in [0.1, 0.15) is 16.1 Å². The van der Waals surface area contributed by atoms with Crippen LogP contribution in [0.3, 0.4) is 0 Å². The van der Waals surface area contributed by atoms with E-state index in [0.717, 1.165) is 0 Å². The number of nitro groups is 1. The molecule has 0 radical (unpaired) electrons. The summed E-state index contributed by atoms with van der Waals surface area (Å²) in [5.74, 6) is -0.320. The Hall–Kier alpha value is -2.90. The van der Waals surface area contributed by atoms with Gasteiger partial charge in [0.2, 0.25) is 5.88 Å². The first-order valence-corrected chi connectivity index (χ1v) is 5.72. The molecule has 1 aromatic heterocycles. The van der Waals surface area contributed by atoms with E-state index in [1.165, 1.54) is 18.2 Å². The second kappa shape index (κ2) is 5.39. The predicted molar refractivity (Wildman–Crippen MR) is 71.8 cm³/mol. The molecule has 104 valence electrons. The zero-order valence-electron chi connectivity index (χ0n) is 10.8. The molecule has 0 aliphatic rings. The Morgan fingerprint density at radius 3 is 2.70 bits per heavy atom. The van der Waals surface area contributed by atoms with Crippen LogP contribution < -0.4 is 10.6 Å². The summed E-state index contributed by atoms with van der Waals surface area (Å²) in [6, 6.07) is 5.70. The van der Waals surface area contributed by atoms with Gasteiger partial charge in [0, 0.05) is 24.7 Å². The number of hydrogen-bond acceptors (Lipinski definition) is 6. The first kappa shape index (κ1) is 13.5. The zero-order chi connectivity index (χ0) is 14.7. The average Bonchev–Trinajstić information content (AvgIpc) is 2.83. The molecule has 0 bridgehead atoms. The number of anilines is 2. The van der Waals surface area contributed by atoms with E-state index in [4.69, 9.17) is 4.52 Å². The van der Waals surface area contributed by atoms with Gasteiger partial charge in [0.05, 0.1) is 10.6 Å². The van der Waals surface area contributed by atoms with Crippen molar-refractivity contribution in [3.8, 4) is 0 Å². The maximum Gasteiger partial charge on any atom is 0.293 e. The molecule has 8 heteroatoms. The fourth-order valence-electron chi connectivity index (χ4n) is 1.64. The lowest BCUT2D eigenvalue weighted by Crippen LogP contribution is -2.12. The molecule has 2 N–H and O–H groups in total. The summed E-state index contributed by atoms with van der Waals surface area (Å²) in [4.78, 5) is 22.3. The van der Waals surface area contributed by atoms with Gasteiger partial charge in [0.25, 0.3) is 11.6 Å². The maximum atomic E-state index is 12.0. The van der Waals surface area contributed by atoms with Gasteiger partial charge in [-0.3, -0.25) is 20.2 Å². The molecular formula is C12H12N4O4. The van der Waals surface area contributed by atoms with Gasteiger partial charge in [-0.15, -0.1) is 0 Å². The summed E-state index contributed by atoms with van der Waals surface area (Å²) in [5.41, 5.74) is 0.942. The molecule has 2 rings (SSSR count). The highest BCUT2D eigenvalue weighted by Gasteiger charge is 2.17. The molecule has 1 aromatic carbocycles. The van der Waals surface area contributed by atoms with E-state index in [-0.39, 0.29) is 17.1 Å². The molecule has 0 unspecified atom stereocenters. The molecule has 0 saturated heterocycles. The lowest BCUT2D eigenvalue weighted by atomic mass is 10.1. The fraction of sp³-hybridized carbons (Fsp3) is 0.167. The second-order valence-corrected chi connectivity index (χ2v) is 4.03. The van der Waals surface area contributed by atoms with Crippen molar-refractivity contribution in [2.24, 2.45) is 0 Å². The van der Waals surface area contributed by atoms with Crippen LogP contribution in [-0.2, 0) is 0 Å². The van der Waals surface area contributed by atoms with Gasteiger partial charge in [-0.1, -0.05) is 5.16 Å². The summed E-state index contributed by atoms with van der Waals surface area (Å²) in [7, 11) is 1.57. The Bertz CT molecular complexity index is 665. The third-order valence-electron chi connectivity index (χ3n) is 2.59. The van der Waals surface area contributed by atoms with Crippen LogP contribution in [0.15, 0.2) is 28.8 Å². The van der Waals surface area contributed by atoms with Gasteiger partial charge in [0.1, 0.15) is 5.69 Å². The van der Waals surface area contributed by atoms with Crippen molar-refractivity contribution in [2.75, 3.05) is 17.7 Å². The Labute approximate surface area is 113 Å². The highest BCUT2D eigenvalue weighted by Crippen LogP contribution is 2.25. The van der Waals surface area contributed by atoms with Crippen molar-refractivity contribution in [1.82, 2.24) is 5.16 Å². The van der Waals surface area contributed by atoms with Crippen molar-refractivity contribution in [3.63, 3.8) is 0 Å². The van der Waals surface area contributed by atoms with Crippen LogP contribution in [0.2, 0.25) is 0 Å². The molecule has 20 heavy (non-hydrogen) atoms. The van der Waals surface area contributed by atoms with E-state index in [1.807, 2.05) is 0 Å². The van der Waals surface area contributed by atoms with Crippen molar-refractivity contribution >= 4 is 23.2 Å². The van der Waals surface area contributed by atoms with Crippen LogP contribution in [0.4, 0.5) is 17.3 Å². The molecule has 0 aliphatic heterocycles. The van der Waals surface area contributed by atoms with E-state index >= 15 is 0 Å². The van der Waals surface area contributed by atoms with E-state index in [1.54, 1.807) is 20.0 Å². The number of carbonyl (C=O) groups is 1. The number of rotatable bonds is 4. The van der Waals surface area contributed by atoms with Gasteiger partial charge in [-0.05, 0) is 19.1 Å². The first-order chi connectivity index (χ1) is 9.51. The smallest absolute Gasteiger partial charge is 0.293 e. The third-order valence-corrected chi connectivity index (χ3v) is 2.59. The van der Waals surface area contributed by atoms with Gasteiger partial charge in [-0.25, -0.2) is 0 Å². The van der Waals surface area contributed by atoms with Crippen LogP contribution in [0.5, 0.6) is 0 Å². The standard InChI is InChI=1S/C12H12N4O4/c1-7-5-11(20-15-7)14-12(17)8-3-4-9(13-2)10(6-8)16(18)19/h3-6,13H,1-2H3,(H,14,17). The molecule has 0 saturated carbocycles. The summed E-state index contributed by atoms with van der Waals surface area (Å²) >= 11 is 0. The molecule has 0 atom stereocenters. The fourth-order valence-corrected chi connectivity index (χ4v) is 1.64. The van der Waals surface area contributed by atoms with E-state index < -0.39 is 10.8 Å². The van der Waals surface area contributed by atoms with Gasteiger partial charge < -0.3 is 9.84 Å². The number of nitrogens with one attached hydrogen (secondary N) is 2. The number of aryl methyl sites for hydroxylation is 1. The number of hydrogen-bond donors (Lipinski definition) is 2.